The molecule has 3 amide bonds. The number of piperidine rings is 1. The van der Waals surface area contributed by atoms with Gasteiger partial charge in [0.1, 0.15) is 5.75 Å². The smallest absolute Gasteiger partial charge is 0.261 e. The average Bonchev–Trinajstić information content (AvgIpc) is 3.52. The summed E-state index contributed by atoms with van der Waals surface area (Å²) in [5.74, 6) is -0.151. The first-order valence-corrected chi connectivity index (χ1v) is 12.8. The van der Waals surface area contributed by atoms with Crippen molar-refractivity contribution in [3.05, 3.63) is 64.7 Å². The summed E-state index contributed by atoms with van der Waals surface area (Å²) in [5.41, 5.74) is 2.03. The topological polar surface area (TPSA) is 88.2 Å². The standard InChI is InChI=1S/C28H33N3O5/c1-35-25-10-4-3-9-22(25)24(30-13-5-2-6-14-30)17-29-26(32)19-11-12-21-23(16-19)28(34)31(27(21)33)18-20-8-7-15-36-20/h3-4,9-12,16,20,24H,2,5-8,13-15,17-18H2,1H3,(H,29,32)/t20-,24+/m0/s1. The summed E-state index contributed by atoms with van der Waals surface area (Å²) in [4.78, 5) is 42.6. The number of ether oxygens (including phenoxy) is 2. The molecule has 0 spiro atoms. The maximum absolute atomic E-state index is 13.2. The molecule has 2 saturated heterocycles. The van der Waals surface area contributed by atoms with Crippen molar-refractivity contribution < 1.29 is 23.9 Å². The van der Waals surface area contributed by atoms with E-state index in [0.29, 0.717) is 24.3 Å². The van der Waals surface area contributed by atoms with Crippen LogP contribution in [0.2, 0.25) is 0 Å². The molecule has 0 unspecified atom stereocenters. The Morgan fingerprint density at radius 2 is 1.83 bits per heavy atom. The van der Waals surface area contributed by atoms with Gasteiger partial charge in [0.05, 0.1) is 36.9 Å². The molecule has 8 heteroatoms. The maximum Gasteiger partial charge on any atom is 0.261 e. The minimum Gasteiger partial charge on any atom is -0.496 e. The molecule has 2 aromatic rings. The third kappa shape index (κ3) is 4.88. The number of carbonyl (C=O) groups excluding carboxylic acids is 3. The quantitative estimate of drug-likeness (QED) is 0.570. The highest BCUT2D eigenvalue weighted by molar-refractivity contribution is 6.22. The van der Waals surface area contributed by atoms with Crippen molar-refractivity contribution in [3.63, 3.8) is 0 Å². The summed E-state index contributed by atoms with van der Waals surface area (Å²) in [7, 11) is 1.66. The van der Waals surface area contributed by atoms with Gasteiger partial charge in [-0.3, -0.25) is 24.2 Å². The van der Waals surface area contributed by atoms with Gasteiger partial charge in [0.25, 0.3) is 17.7 Å². The molecule has 2 aromatic carbocycles. The van der Waals surface area contributed by atoms with Crippen LogP contribution in [0.5, 0.6) is 5.75 Å². The molecule has 0 bridgehead atoms. The molecular weight excluding hydrogens is 458 g/mol. The Morgan fingerprint density at radius 1 is 1.06 bits per heavy atom. The van der Waals surface area contributed by atoms with Crippen LogP contribution in [0.4, 0.5) is 0 Å². The molecule has 5 rings (SSSR count). The van der Waals surface area contributed by atoms with Gasteiger partial charge < -0.3 is 14.8 Å². The summed E-state index contributed by atoms with van der Waals surface area (Å²) in [6, 6.07) is 12.6. The minimum atomic E-state index is -0.361. The summed E-state index contributed by atoms with van der Waals surface area (Å²) >= 11 is 0. The predicted molar refractivity (Wildman–Crippen MR) is 134 cm³/mol. The molecule has 3 heterocycles. The molecule has 2 fully saturated rings. The highest BCUT2D eigenvalue weighted by Crippen LogP contribution is 2.31. The highest BCUT2D eigenvalue weighted by atomic mass is 16.5. The number of nitrogens with zero attached hydrogens (tertiary/aromatic N) is 2. The number of carbonyl (C=O) groups is 3. The van der Waals surface area contributed by atoms with E-state index >= 15 is 0 Å². The van der Waals surface area contributed by atoms with Crippen LogP contribution in [0.3, 0.4) is 0 Å². The fraction of sp³-hybridized carbons (Fsp3) is 0.464. The van der Waals surface area contributed by atoms with Crippen LogP contribution in [0.15, 0.2) is 42.5 Å². The second kappa shape index (κ2) is 10.8. The summed E-state index contributed by atoms with van der Waals surface area (Å²) in [6.45, 7) is 3.26. The number of likely N-dealkylation sites (tertiary alicyclic amines) is 1. The Kier molecular flexibility index (Phi) is 7.34. The zero-order chi connectivity index (χ0) is 25.1. The molecular formula is C28H33N3O5. The summed E-state index contributed by atoms with van der Waals surface area (Å²) in [6.07, 6.45) is 5.13. The molecule has 0 radical (unpaired) electrons. The van der Waals surface area contributed by atoms with Gasteiger partial charge in [0.15, 0.2) is 0 Å². The molecule has 3 aliphatic heterocycles. The third-order valence-corrected chi connectivity index (χ3v) is 7.43. The van der Waals surface area contributed by atoms with Crippen LogP contribution in [0.25, 0.3) is 0 Å². The van der Waals surface area contributed by atoms with Crippen molar-refractivity contribution in [2.75, 3.05) is 39.9 Å². The lowest BCUT2D eigenvalue weighted by Crippen LogP contribution is -2.40. The molecule has 2 atom stereocenters. The van der Waals surface area contributed by atoms with Crippen LogP contribution in [0, 0.1) is 0 Å². The number of rotatable bonds is 8. The van der Waals surface area contributed by atoms with Crippen molar-refractivity contribution in [1.82, 2.24) is 15.1 Å². The minimum absolute atomic E-state index is 0.0232. The number of benzene rings is 2. The van der Waals surface area contributed by atoms with Crippen LogP contribution in [-0.2, 0) is 4.74 Å². The number of nitrogens with one attached hydrogen (secondary N) is 1. The number of para-hydroxylation sites is 1. The van der Waals surface area contributed by atoms with Crippen LogP contribution >= 0.6 is 0 Å². The Balaban J connectivity index is 1.31. The lowest BCUT2D eigenvalue weighted by molar-refractivity contribution is 0.0475. The lowest BCUT2D eigenvalue weighted by Gasteiger charge is -2.35. The number of hydrogen-bond acceptors (Lipinski definition) is 6. The Labute approximate surface area is 211 Å². The Bertz CT molecular complexity index is 1140. The van der Waals surface area contributed by atoms with Gasteiger partial charge in [-0.15, -0.1) is 0 Å². The summed E-state index contributed by atoms with van der Waals surface area (Å²) < 4.78 is 11.2. The van der Waals surface area contributed by atoms with Gasteiger partial charge in [-0.25, -0.2) is 0 Å². The fourth-order valence-electron chi connectivity index (χ4n) is 5.49. The van der Waals surface area contributed by atoms with Gasteiger partial charge in [0.2, 0.25) is 0 Å². The number of imide groups is 1. The largest absolute Gasteiger partial charge is 0.496 e. The van der Waals surface area contributed by atoms with Crippen molar-refractivity contribution in [3.8, 4) is 5.75 Å². The molecule has 36 heavy (non-hydrogen) atoms. The van der Waals surface area contributed by atoms with Crippen molar-refractivity contribution in [2.24, 2.45) is 0 Å². The van der Waals surface area contributed by atoms with E-state index < -0.39 is 0 Å². The SMILES string of the molecule is COc1ccccc1[C@@H](CNC(=O)c1ccc2c(c1)C(=O)N(C[C@@H]1CCCO1)C2=O)N1CCCCC1. The maximum atomic E-state index is 13.2. The number of hydrogen-bond donors (Lipinski definition) is 1. The van der Waals surface area contributed by atoms with Gasteiger partial charge in [-0.2, -0.15) is 0 Å². The van der Waals surface area contributed by atoms with E-state index in [1.165, 1.54) is 11.3 Å². The molecule has 0 saturated carbocycles. The number of amides is 3. The fourth-order valence-corrected chi connectivity index (χ4v) is 5.49. The van der Waals surface area contributed by atoms with Crippen LogP contribution in [-0.4, -0.2) is 73.5 Å². The summed E-state index contributed by atoms with van der Waals surface area (Å²) in [5, 5.41) is 3.07. The normalized spacial score (nSPS) is 20.9. The van der Waals surface area contributed by atoms with Gasteiger partial charge in [-0.1, -0.05) is 24.6 Å². The van der Waals surface area contributed by atoms with E-state index in [-0.39, 0.29) is 42.0 Å². The van der Waals surface area contributed by atoms with Gasteiger partial charge in [0, 0.05) is 24.3 Å². The zero-order valence-corrected chi connectivity index (χ0v) is 20.7. The first-order valence-electron chi connectivity index (χ1n) is 12.8. The average molecular weight is 492 g/mol. The van der Waals surface area contributed by atoms with Crippen molar-refractivity contribution in [1.29, 1.82) is 0 Å². The molecule has 3 aliphatic rings. The van der Waals surface area contributed by atoms with Crippen LogP contribution in [0.1, 0.15) is 74.8 Å². The van der Waals surface area contributed by atoms with E-state index in [0.717, 1.165) is 50.1 Å². The predicted octanol–water partition coefficient (Wildman–Crippen LogP) is 3.43. The van der Waals surface area contributed by atoms with E-state index in [9.17, 15) is 14.4 Å². The van der Waals surface area contributed by atoms with Crippen molar-refractivity contribution in [2.45, 2.75) is 44.2 Å². The molecule has 190 valence electrons. The Hall–Kier alpha value is -3.23. The zero-order valence-electron chi connectivity index (χ0n) is 20.7. The van der Waals surface area contributed by atoms with Crippen molar-refractivity contribution >= 4 is 17.7 Å². The van der Waals surface area contributed by atoms with E-state index in [4.69, 9.17) is 9.47 Å². The number of fused-ring (bicyclic) bond motifs is 1. The first-order chi connectivity index (χ1) is 17.6. The second-order valence-electron chi connectivity index (χ2n) is 9.68. The molecule has 8 nitrogen and oxygen atoms in total. The molecule has 0 aromatic heterocycles. The molecule has 1 N–H and O–H groups in total. The second-order valence-corrected chi connectivity index (χ2v) is 9.68. The third-order valence-electron chi connectivity index (χ3n) is 7.43. The Morgan fingerprint density at radius 3 is 2.58 bits per heavy atom. The van der Waals surface area contributed by atoms with E-state index in [1.54, 1.807) is 25.3 Å². The first kappa shape index (κ1) is 24.5. The van der Waals surface area contributed by atoms with E-state index in [2.05, 4.69) is 10.2 Å². The monoisotopic (exact) mass is 491 g/mol. The van der Waals surface area contributed by atoms with Crippen LogP contribution < -0.4 is 10.1 Å². The lowest BCUT2D eigenvalue weighted by atomic mass is 10.00. The highest BCUT2D eigenvalue weighted by Gasteiger charge is 2.38. The number of methoxy groups -OCH3 is 1. The van der Waals surface area contributed by atoms with E-state index in [1.807, 2.05) is 24.3 Å². The molecule has 0 aliphatic carbocycles. The van der Waals surface area contributed by atoms with Gasteiger partial charge >= 0.3 is 0 Å². The van der Waals surface area contributed by atoms with Gasteiger partial charge in [-0.05, 0) is 63.0 Å².